The van der Waals surface area contributed by atoms with E-state index in [0.717, 1.165) is 57.9 Å². The minimum atomic E-state index is 0.189. The second-order valence-electron chi connectivity index (χ2n) is 7.97. The van der Waals surface area contributed by atoms with Gasteiger partial charge in [-0.25, -0.2) is 14.5 Å². The molecule has 5 aromatic rings. The number of aromatic nitrogens is 6. The van der Waals surface area contributed by atoms with Gasteiger partial charge in [0, 0.05) is 24.5 Å². The van der Waals surface area contributed by atoms with Crippen LogP contribution < -0.4 is 0 Å². The fourth-order valence-corrected chi connectivity index (χ4v) is 5.17. The summed E-state index contributed by atoms with van der Waals surface area (Å²) in [6, 6.07) is 8.16. The van der Waals surface area contributed by atoms with Gasteiger partial charge in [0.25, 0.3) is 0 Å². The molecule has 1 aliphatic heterocycles. The lowest BCUT2D eigenvalue weighted by Gasteiger charge is -2.30. The van der Waals surface area contributed by atoms with Crippen LogP contribution in [-0.4, -0.2) is 41.8 Å². The zero-order chi connectivity index (χ0) is 20.9. The van der Waals surface area contributed by atoms with Gasteiger partial charge in [0.1, 0.15) is 16.9 Å². The van der Waals surface area contributed by atoms with Crippen molar-refractivity contribution >= 4 is 38.2 Å². The fraction of sp³-hybridized carbons (Fsp3) is 0.318. The van der Waals surface area contributed by atoms with Gasteiger partial charge >= 0.3 is 0 Å². The van der Waals surface area contributed by atoms with Crippen LogP contribution in [0.5, 0.6) is 0 Å². The van der Waals surface area contributed by atoms with Gasteiger partial charge in [-0.15, -0.1) is 0 Å². The molecule has 1 unspecified atom stereocenters. The molecule has 0 N–H and O–H groups in total. The van der Waals surface area contributed by atoms with Crippen molar-refractivity contribution in [2.75, 3.05) is 6.61 Å². The number of fused-ring (bicyclic) bond motifs is 4. The van der Waals surface area contributed by atoms with E-state index >= 15 is 0 Å². The van der Waals surface area contributed by atoms with Crippen LogP contribution >= 0.6 is 11.3 Å². The van der Waals surface area contributed by atoms with E-state index in [0.29, 0.717) is 12.0 Å². The Morgan fingerprint density at radius 3 is 3.06 bits per heavy atom. The van der Waals surface area contributed by atoms with E-state index in [4.69, 9.17) is 14.7 Å². The largest absolute Gasteiger partial charge is 0.378 e. The van der Waals surface area contributed by atoms with Gasteiger partial charge in [0.15, 0.2) is 0 Å². The van der Waals surface area contributed by atoms with Crippen LogP contribution in [0.1, 0.15) is 42.9 Å². The molecule has 2 atom stereocenters. The molecule has 9 heteroatoms. The normalized spacial score (nSPS) is 19.4. The Bertz CT molecular complexity index is 1450. The standard InChI is InChI=1S/C22H19N7OS/c1-13-6-16(4-5-30-13)29-20(8-15-11-28-22(26-15)31-12-25-28)27-19-10-24-18-3-2-14(9-23)7-17(18)21(19)29/h2-3,7,10-13,16H,4-6,8H2,1H3/t13-,16?/m1/s1. The Morgan fingerprint density at radius 1 is 1.29 bits per heavy atom. The fourth-order valence-electron chi connectivity index (χ4n) is 4.55. The SMILES string of the molecule is C[C@@H]1CC(n2c(Cc3cn4ncsc4n3)nc3cnc4ccc(C#N)cc4c32)CCO1. The third kappa shape index (κ3) is 3.07. The molecule has 8 nitrogen and oxygen atoms in total. The number of hydrogen-bond acceptors (Lipinski definition) is 7. The van der Waals surface area contributed by atoms with Gasteiger partial charge < -0.3 is 9.30 Å². The topological polar surface area (TPSA) is 93.9 Å². The van der Waals surface area contributed by atoms with Crippen LogP contribution in [0.25, 0.3) is 26.9 Å². The van der Waals surface area contributed by atoms with Crippen molar-refractivity contribution in [3.63, 3.8) is 0 Å². The molecule has 0 bridgehead atoms. The Balaban J connectivity index is 1.57. The highest BCUT2D eigenvalue weighted by Gasteiger charge is 2.27. The van der Waals surface area contributed by atoms with E-state index in [1.54, 1.807) is 10.0 Å². The number of ether oxygens (including phenoxy) is 1. The average Bonchev–Trinajstić information content (AvgIpc) is 3.46. The molecule has 31 heavy (non-hydrogen) atoms. The number of pyridine rings is 1. The third-order valence-corrected chi connectivity index (χ3v) is 6.60. The first-order valence-electron chi connectivity index (χ1n) is 10.3. The number of nitrogens with zero attached hydrogens (tertiary/aromatic N) is 7. The lowest BCUT2D eigenvalue weighted by atomic mass is 10.0. The van der Waals surface area contributed by atoms with Gasteiger partial charge in [-0.3, -0.25) is 4.98 Å². The molecule has 1 aliphatic rings. The molecule has 1 aromatic carbocycles. The summed E-state index contributed by atoms with van der Waals surface area (Å²) in [4.78, 5) is 15.2. The highest BCUT2D eigenvalue weighted by atomic mass is 32.1. The quantitative estimate of drug-likeness (QED) is 0.432. The number of benzene rings is 1. The van der Waals surface area contributed by atoms with E-state index in [1.807, 2.05) is 30.6 Å². The molecule has 154 valence electrons. The van der Waals surface area contributed by atoms with Crippen LogP contribution in [0.4, 0.5) is 0 Å². The maximum atomic E-state index is 9.45. The monoisotopic (exact) mass is 429 g/mol. The Kier molecular flexibility index (Phi) is 4.23. The maximum absolute atomic E-state index is 9.45. The smallest absolute Gasteiger partial charge is 0.212 e. The Morgan fingerprint density at radius 2 is 2.23 bits per heavy atom. The Hall–Kier alpha value is -3.35. The number of rotatable bonds is 3. The van der Waals surface area contributed by atoms with E-state index in [2.05, 4.69) is 27.6 Å². The molecule has 0 spiro atoms. The van der Waals surface area contributed by atoms with Crippen LogP contribution in [0.3, 0.4) is 0 Å². The van der Waals surface area contributed by atoms with Gasteiger partial charge in [-0.1, -0.05) is 11.3 Å². The summed E-state index contributed by atoms with van der Waals surface area (Å²) in [6.45, 7) is 2.84. The summed E-state index contributed by atoms with van der Waals surface area (Å²) in [7, 11) is 0. The van der Waals surface area contributed by atoms with Crippen LogP contribution in [0.15, 0.2) is 36.1 Å². The van der Waals surface area contributed by atoms with Crippen LogP contribution in [0.2, 0.25) is 0 Å². The van der Waals surface area contributed by atoms with Gasteiger partial charge in [-0.05, 0) is 38.0 Å². The number of imidazole rings is 2. The van der Waals surface area contributed by atoms with E-state index in [1.165, 1.54) is 11.3 Å². The predicted molar refractivity (Wildman–Crippen MR) is 117 cm³/mol. The lowest BCUT2D eigenvalue weighted by molar-refractivity contribution is 0.00631. The molecular formula is C22H19N7OS. The zero-order valence-electron chi connectivity index (χ0n) is 16.9. The molecule has 6 rings (SSSR count). The van der Waals surface area contributed by atoms with Crippen molar-refractivity contribution in [2.45, 2.75) is 38.3 Å². The second-order valence-corrected chi connectivity index (χ2v) is 8.78. The number of hydrogen-bond donors (Lipinski definition) is 0. The summed E-state index contributed by atoms with van der Waals surface area (Å²) in [5, 5.41) is 14.7. The summed E-state index contributed by atoms with van der Waals surface area (Å²) in [5.74, 6) is 0.955. The summed E-state index contributed by atoms with van der Waals surface area (Å²) in [5.41, 5.74) is 6.09. The van der Waals surface area contributed by atoms with E-state index in [-0.39, 0.29) is 12.1 Å². The molecular weight excluding hydrogens is 410 g/mol. The molecule has 0 amide bonds. The molecule has 4 aromatic heterocycles. The molecule has 1 fully saturated rings. The predicted octanol–water partition coefficient (Wildman–Crippen LogP) is 3.89. The molecule has 1 saturated heterocycles. The van der Waals surface area contributed by atoms with Gasteiger partial charge in [0.2, 0.25) is 4.96 Å². The molecule has 0 aliphatic carbocycles. The lowest BCUT2D eigenvalue weighted by Crippen LogP contribution is -2.26. The van der Waals surface area contributed by atoms with Gasteiger partial charge in [0.05, 0.1) is 46.9 Å². The molecule has 0 saturated carbocycles. The van der Waals surface area contributed by atoms with Crippen molar-refractivity contribution in [3.05, 3.63) is 53.2 Å². The summed E-state index contributed by atoms with van der Waals surface area (Å²) in [6.07, 6.45) is 6.43. The van der Waals surface area contributed by atoms with Gasteiger partial charge in [-0.2, -0.15) is 10.4 Å². The zero-order valence-corrected chi connectivity index (χ0v) is 17.7. The first-order chi connectivity index (χ1) is 15.2. The van der Waals surface area contributed by atoms with Crippen molar-refractivity contribution in [1.82, 2.24) is 29.1 Å². The minimum absolute atomic E-state index is 0.189. The molecule has 5 heterocycles. The summed E-state index contributed by atoms with van der Waals surface area (Å²) >= 11 is 1.52. The highest BCUT2D eigenvalue weighted by Crippen LogP contribution is 2.34. The molecule has 0 radical (unpaired) electrons. The number of nitriles is 1. The second kappa shape index (κ2) is 7.11. The van der Waals surface area contributed by atoms with Crippen molar-refractivity contribution in [3.8, 4) is 6.07 Å². The Labute approximate surface area is 181 Å². The van der Waals surface area contributed by atoms with Crippen LogP contribution in [0, 0.1) is 11.3 Å². The first-order valence-corrected chi connectivity index (χ1v) is 11.2. The van der Waals surface area contributed by atoms with Crippen molar-refractivity contribution in [2.24, 2.45) is 0 Å². The first kappa shape index (κ1) is 18.4. The maximum Gasteiger partial charge on any atom is 0.212 e. The summed E-state index contributed by atoms with van der Waals surface area (Å²) < 4.78 is 9.97. The van der Waals surface area contributed by atoms with E-state index in [9.17, 15) is 5.26 Å². The average molecular weight is 430 g/mol. The van der Waals surface area contributed by atoms with E-state index < -0.39 is 0 Å². The van der Waals surface area contributed by atoms with Crippen molar-refractivity contribution < 1.29 is 4.74 Å². The third-order valence-electron chi connectivity index (χ3n) is 5.92. The van der Waals surface area contributed by atoms with Crippen LogP contribution in [-0.2, 0) is 11.2 Å². The van der Waals surface area contributed by atoms with Crippen molar-refractivity contribution in [1.29, 1.82) is 5.26 Å². The highest BCUT2D eigenvalue weighted by molar-refractivity contribution is 7.14. The minimum Gasteiger partial charge on any atom is -0.378 e.